The standard InChI is InChI=1S/C18H22N6OS2/c1-11(2)9-15-20-22-17(27-15)19-14(25)10-26-18-23-21-16(24(18)4)13-7-5-12(3)6-8-13/h5-8,11H,9-10H2,1-4H3,(H,19,22,25). The van der Waals surface area contributed by atoms with Gasteiger partial charge in [-0.1, -0.05) is 66.8 Å². The van der Waals surface area contributed by atoms with E-state index in [1.54, 1.807) is 0 Å². The Balaban J connectivity index is 1.57. The molecule has 27 heavy (non-hydrogen) atoms. The molecule has 0 spiro atoms. The first-order valence-corrected chi connectivity index (χ1v) is 10.4. The molecule has 0 aliphatic carbocycles. The number of rotatable bonds is 7. The summed E-state index contributed by atoms with van der Waals surface area (Å²) in [5.41, 5.74) is 2.19. The van der Waals surface area contributed by atoms with Crippen LogP contribution in [0.15, 0.2) is 29.4 Å². The van der Waals surface area contributed by atoms with Crippen LogP contribution in [0.1, 0.15) is 24.4 Å². The number of hydrogen-bond donors (Lipinski definition) is 1. The number of carbonyl (C=O) groups excluding carboxylic acids is 1. The molecular formula is C18H22N6OS2. The van der Waals surface area contributed by atoms with Gasteiger partial charge in [0, 0.05) is 19.0 Å². The highest BCUT2D eigenvalue weighted by molar-refractivity contribution is 7.99. The van der Waals surface area contributed by atoms with Gasteiger partial charge in [0.2, 0.25) is 11.0 Å². The van der Waals surface area contributed by atoms with Crippen LogP contribution in [0.3, 0.4) is 0 Å². The molecule has 9 heteroatoms. The SMILES string of the molecule is Cc1ccc(-c2nnc(SCC(=O)Nc3nnc(CC(C)C)s3)n2C)cc1. The lowest BCUT2D eigenvalue weighted by Gasteiger charge is -2.04. The van der Waals surface area contributed by atoms with Crippen LogP contribution in [-0.4, -0.2) is 36.6 Å². The third kappa shape index (κ3) is 5.14. The summed E-state index contributed by atoms with van der Waals surface area (Å²) < 4.78 is 1.90. The van der Waals surface area contributed by atoms with Gasteiger partial charge in [-0.05, 0) is 12.8 Å². The number of carbonyl (C=O) groups is 1. The zero-order chi connectivity index (χ0) is 19.4. The first-order valence-electron chi connectivity index (χ1n) is 8.64. The van der Waals surface area contributed by atoms with Crippen molar-refractivity contribution in [2.75, 3.05) is 11.1 Å². The van der Waals surface area contributed by atoms with Crippen LogP contribution in [0.4, 0.5) is 5.13 Å². The van der Waals surface area contributed by atoms with Crippen molar-refractivity contribution in [3.63, 3.8) is 0 Å². The van der Waals surface area contributed by atoms with E-state index in [-0.39, 0.29) is 11.7 Å². The summed E-state index contributed by atoms with van der Waals surface area (Å²) in [6.45, 7) is 6.30. The first-order chi connectivity index (χ1) is 12.9. The fraction of sp³-hybridized carbons (Fsp3) is 0.389. The maximum Gasteiger partial charge on any atom is 0.236 e. The number of anilines is 1. The third-order valence-electron chi connectivity index (χ3n) is 3.77. The summed E-state index contributed by atoms with van der Waals surface area (Å²) in [4.78, 5) is 12.2. The highest BCUT2D eigenvalue weighted by Gasteiger charge is 2.14. The van der Waals surface area contributed by atoms with Crippen molar-refractivity contribution in [1.82, 2.24) is 25.0 Å². The molecule has 1 N–H and O–H groups in total. The van der Waals surface area contributed by atoms with Gasteiger partial charge in [0.15, 0.2) is 11.0 Å². The van der Waals surface area contributed by atoms with Crippen molar-refractivity contribution in [2.45, 2.75) is 32.3 Å². The van der Waals surface area contributed by atoms with Gasteiger partial charge in [-0.2, -0.15) is 0 Å². The molecule has 2 heterocycles. The minimum atomic E-state index is -0.132. The minimum Gasteiger partial charge on any atom is -0.305 e. The topological polar surface area (TPSA) is 85.6 Å². The fourth-order valence-electron chi connectivity index (χ4n) is 2.42. The molecule has 0 aliphatic rings. The summed E-state index contributed by atoms with van der Waals surface area (Å²) in [5, 5.41) is 21.5. The monoisotopic (exact) mass is 402 g/mol. The summed E-state index contributed by atoms with van der Waals surface area (Å²) in [7, 11) is 1.90. The molecule has 3 rings (SSSR count). The second kappa shape index (κ2) is 8.62. The van der Waals surface area contributed by atoms with E-state index in [2.05, 4.69) is 39.6 Å². The molecule has 1 aromatic carbocycles. The van der Waals surface area contributed by atoms with Crippen LogP contribution in [0.5, 0.6) is 0 Å². The highest BCUT2D eigenvalue weighted by Crippen LogP contribution is 2.23. The van der Waals surface area contributed by atoms with Crippen molar-refractivity contribution in [3.8, 4) is 11.4 Å². The molecule has 3 aromatic rings. The van der Waals surface area contributed by atoms with Crippen molar-refractivity contribution in [3.05, 3.63) is 34.8 Å². The van der Waals surface area contributed by atoms with Crippen molar-refractivity contribution >= 4 is 34.1 Å². The third-order valence-corrected chi connectivity index (χ3v) is 5.65. The average Bonchev–Trinajstić information content (AvgIpc) is 3.20. The second-order valence-electron chi connectivity index (χ2n) is 6.67. The van der Waals surface area contributed by atoms with Gasteiger partial charge < -0.3 is 4.57 Å². The smallest absolute Gasteiger partial charge is 0.236 e. The van der Waals surface area contributed by atoms with E-state index in [4.69, 9.17) is 0 Å². The molecule has 142 valence electrons. The van der Waals surface area contributed by atoms with Gasteiger partial charge in [-0.25, -0.2) is 0 Å². The van der Waals surface area contributed by atoms with E-state index < -0.39 is 0 Å². The van der Waals surface area contributed by atoms with Crippen LogP contribution in [-0.2, 0) is 18.3 Å². The van der Waals surface area contributed by atoms with Gasteiger partial charge in [0.05, 0.1) is 5.75 Å². The number of hydrogen-bond acceptors (Lipinski definition) is 7. The molecule has 2 aromatic heterocycles. The van der Waals surface area contributed by atoms with E-state index >= 15 is 0 Å². The zero-order valence-corrected chi connectivity index (χ0v) is 17.4. The molecular weight excluding hydrogens is 380 g/mol. The Morgan fingerprint density at radius 2 is 1.93 bits per heavy atom. The first kappa shape index (κ1) is 19.5. The van der Waals surface area contributed by atoms with Gasteiger partial charge in [0.25, 0.3) is 0 Å². The number of benzene rings is 1. The van der Waals surface area contributed by atoms with Gasteiger partial charge in [-0.3, -0.25) is 10.1 Å². The Bertz CT molecular complexity index is 916. The largest absolute Gasteiger partial charge is 0.305 e. The van der Waals surface area contributed by atoms with Crippen LogP contribution in [0.25, 0.3) is 11.4 Å². The van der Waals surface area contributed by atoms with Crippen LogP contribution in [0.2, 0.25) is 0 Å². The Morgan fingerprint density at radius 1 is 1.19 bits per heavy atom. The maximum atomic E-state index is 12.2. The maximum absolute atomic E-state index is 12.2. The fourth-order valence-corrected chi connectivity index (χ4v) is 4.09. The minimum absolute atomic E-state index is 0.132. The van der Waals surface area contributed by atoms with E-state index in [1.807, 2.05) is 42.8 Å². The lowest BCUT2D eigenvalue weighted by molar-refractivity contribution is -0.113. The van der Waals surface area contributed by atoms with E-state index in [0.29, 0.717) is 16.2 Å². The molecule has 1 amide bonds. The number of nitrogens with one attached hydrogen (secondary N) is 1. The molecule has 0 saturated heterocycles. The Labute approximate surface area is 166 Å². The molecule has 0 unspecified atom stereocenters. The summed E-state index contributed by atoms with van der Waals surface area (Å²) in [6, 6.07) is 8.12. The van der Waals surface area contributed by atoms with E-state index in [0.717, 1.165) is 22.8 Å². The molecule has 0 radical (unpaired) electrons. The molecule has 0 aliphatic heterocycles. The lowest BCUT2D eigenvalue weighted by atomic mass is 10.1. The van der Waals surface area contributed by atoms with Crippen molar-refractivity contribution in [1.29, 1.82) is 0 Å². The number of aromatic nitrogens is 5. The Kier molecular flexibility index (Phi) is 6.22. The number of thioether (sulfide) groups is 1. The van der Waals surface area contributed by atoms with Crippen LogP contribution < -0.4 is 5.32 Å². The van der Waals surface area contributed by atoms with E-state index in [9.17, 15) is 4.79 Å². The van der Waals surface area contributed by atoms with Gasteiger partial charge in [-0.15, -0.1) is 20.4 Å². The molecule has 0 saturated carbocycles. The predicted octanol–water partition coefficient (Wildman–Crippen LogP) is 3.57. The van der Waals surface area contributed by atoms with Crippen LogP contribution in [0, 0.1) is 12.8 Å². The highest BCUT2D eigenvalue weighted by atomic mass is 32.2. The van der Waals surface area contributed by atoms with Gasteiger partial charge >= 0.3 is 0 Å². The van der Waals surface area contributed by atoms with Crippen LogP contribution >= 0.6 is 23.1 Å². The van der Waals surface area contributed by atoms with Crippen molar-refractivity contribution in [2.24, 2.45) is 13.0 Å². The Hall–Kier alpha value is -2.26. The number of nitrogens with zero attached hydrogens (tertiary/aromatic N) is 5. The molecule has 0 bridgehead atoms. The summed E-state index contributed by atoms with van der Waals surface area (Å²) >= 11 is 2.76. The lowest BCUT2D eigenvalue weighted by Crippen LogP contribution is -2.14. The van der Waals surface area contributed by atoms with E-state index in [1.165, 1.54) is 28.7 Å². The summed E-state index contributed by atoms with van der Waals surface area (Å²) in [6.07, 6.45) is 0.864. The predicted molar refractivity (Wildman–Crippen MR) is 109 cm³/mol. The van der Waals surface area contributed by atoms with Crippen molar-refractivity contribution < 1.29 is 4.79 Å². The molecule has 0 atom stereocenters. The number of amides is 1. The Morgan fingerprint density at radius 3 is 2.63 bits per heavy atom. The number of aryl methyl sites for hydroxylation is 1. The quantitative estimate of drug-likeness (QED) is 0.608. The molecule has 7 nitrogen and oxygen atoms in total. The average molecular weight is 403 g/mol. The zero-order valence-electron chi connectivity index (χ0n) is 15.8. The summed E-state index contributed by atoms with van der Waals surface area (Å²) in [5.74, 6) is 1.39. The molecule has 0 fully saturated rings. The van der Waals surface area contributed by atoms with Gasteiger partial charge in [0.1, 0.15) is 5.01 Å². The normalized spacial score (nSPS) is 11.1. The second-order valence-corrected chi connectivity index (χ2v) is 8.67.